The molecule has 1 aromatic heterocycles. The summed E-state index contributed by atoms with van der Waals surface area (Å²) in [6.45, 7) is 10.7. The Kier molecular flexibility index (Phi) is 4.44. The fraction of sp³-hybridized carbons (Fsp3) is 0.600. The van der Waals surface area contributed by atoms with Crippen LogP contribution in [0.1, 0.15) is 45.4 Å². The molecule has 94 valence electrons. The Labute approximate surface area is 104 Å². The van der Waals surface area contributed by atoms with Crippen LogP contribution in [0, 0.1) is 18.3 Å². The number of carbonyl (C=O) groups excluding carboxylic acids is 1. The molecule has 1 atom stereocenters. The summed E-state index contributed by atoms with van der Waals surface area (Å²) in [7, 11) is 0. The Morgan fingerprint density at radius 2 is 2.06 bits per heavy atom. The van der Waals surface area contributed by atoms with Gasteiger partial charge >= 0.3 is 0 Å². The molecular formula is C15H23NO. The Morgan fingerprint density at radius 1 is 1.41 bits per heavy atom. The summed E-state index contributed by atoms with van der Waals surface area (Å²) in [5, 5.41) is 0. The Bertz CT molecular complexity index is 390. The van der Waals surface area contributed by atoms with Crippen molar-refractivity contribution in [2.75, 3.05) is 0 Å². The van der Waals surface area contributed by atoms with Gasteiger partial charge in [0.25, 0.3) is 0 Å². The van der Waals surface area contributed by atoms with E-state index in [1.165, 1.54) is 0 Å². The van der Waals surface area contributed by atoms with E-state index in [1.807, 2.05) is 19.1 Å². The molecule has 0 aromatic carbocycles. The topological polar surface area (TPSA) is 30.0 Å². The van der Waals surface area contributed by atoms with Gasteiger partial charge in [-0.15, -0.1) is 0 Å². The molecule has 0 aliphatic carbocycles. The lowest BCUT2D eigenvalue weighted by molar-refractivity contribution is -0.120. The van der Waals surface area contributed by atoms with Gasteiger partial charge in [0, 0.05) is 19.0 Å². The highest BCUT2D eigenvalue weighted by Crippen LogP contribution is 2.28. The third kappa shape index (κ3) is 4.29. The van der Waals surface area contributed by atoms with Crippen molar-refractivity contribution in [2.45, 2.75) is 47.5 Å². The molecule has 0 spiro atoms. The first-order valence-electron chi connectivity index (χ1n) is 6.23. The lowest BCUT2D eigenvalue weighted by Gasteiger charge is -2.26. The summed E-state index contributed by atoms with van der Waals surface area (Å²) < 4.78 is 0. The van der Waals surface area contributed by atoms with Crippen molar-refractivity contribution in [3.8, 4) is 0 Å². The van der Waals surface area contributed by atoms with Gasteiger partial charge in [0.15, 0.2) is 0 Å². The number of aromatic nitrogens is 1. The van der Waals surface area contributed by atoms with E-state index < -0.39 is 0 Å². The minimum absolute atomic E-state index is 0.189. The fourth-order valence-corrected chi connectivity index (χ4v) is 1.61. The highest BCUT2D eigenvalue weighted by molar-refractivity contribution is 5.81. The van der Waals surface area contributed by atoms with E-state index in [1.54, 1.807) is 6.20 Å². The van der Waals surface area contributed by atoms with Crippen molar-refractivity contribution >= 4 is 5.78 Å². The molecule has 0 aliphatic heterocycles. The van der Waals surface area contributed by atoms with Crippen molar-refractivity contribution in [1.29, 1.82) is 0 Å². The molecule has 0 saturated carbocycles. The van der Waals surface area contributed by atoms with E-state index in [9.17, 15) is 4.79 Å². The van der Waals surface area contributed by atoms with Crippen LogP contribution in [0.15, 0.2) is 18.3 Å². The van der Waals surface area contributed by atoms with Gasteiger partial charge in [-0.1, -0.05) is 33.8 Å². The third-order valence-electron chi connectivity index (χ3n) is 3.49. The van der Waals surface area contributed by atoms with Crippen LogP contribution in [-0.2, 0) is 11.2 Å². The van der Waals surface area contributed by atoms with E-state index in [2.05, 4.69) is 32.7 Å². The zero-order chi connectivity index (χ0) is 13.1. The average molecular weight is 233 g/mol. The number of rotatable bonds is 4. The van der Waals surface area contributed by atoms with Crippen LogP contribution >= 0.6 is 0 Å². The normalized spacial score (nSPS) is 13.5. The molecule has 0 amide bonds. The number of hydrogen-bond donors (Lipinski definition) is 0. The lowest BCUT2D eigenvalue weighted by Crippen LogP contribution is -2.21. The van der Waals surface area contributed by atoms with Crippen LogP contribution in [0.25, 0.3) is 0 Å². The molecule has 0 N–H and O–H groups in total. The first-order valence-corrected chi connectivity index (χ1v) is 6.23. The first kappa shape index (κ1) is 13.9. The number of pyridine rings is 1. The Morgan fingerprint density at radius 3 is 2.59 bits per heavy atom. The van der Waals surface area contributed by atoms with Crippen LogP contribution in [0.4, 0.5) is 0 Å². The predicted molar refractivity (Wildman–Crippen MR) is 70.9 cm³/mol. The highest BCUT2D eigenvalue weighted by Gasteiger charge is 2.22. The van der Waals surface area contributed by atoms with Crippen LogP contribution < -0.4 is 0 Å². The maximum atomic E-state index is 12.0. The molecule has 2 nitrogen and oxygen atoms in total. The molecule has 1 aromatic rings. The largest absolute Gasteiger partial charge is 0.299 e. The molecule has 0 fully saturated rings. The summed E-state index contributed by atoms with van der Waals surface area (Å²) in [5.41, 5.74) is 2.21. The van der Waals surface area contributed by atoms with Crippen molar-refractivity contribution < 1.29 is 4.79 Å². The number of aryl methyl sites for hydroxylation is 1. The van der Waals surface area contributed by atoms with E-state index >= 15 is 0 Å². The Balaban J connectivity index is 2.60. The molecule has 17 heavy (non-hydrogen) atoms. The number of Topliss-reactive ketones (excluding diaryl/α,β-unsaturated/α-hetero) is 1. The van der Waals surface area contributed by atoms with Gasteiger partial charge < -0.3 is 0 Å². The zero-order valence-corrected chi connectivity index (χ0v) is 11.6. The van der Waals surface area contributed by atoms with Crippen molar-refractivity contribution in [3.05, 3.63) is 29.6 Å². The number of hydrogen-bond acceptors (Lipinski definition) is 2. The number of nitrogens with zero attached hydrogens (tertiary/aromatic N) is 1. The van der Waals surface area contributed by atoms with Gasteiger partial charge in [-0.3, -0.25) is 9.78 Å². The molecule has 1 rings (SSSR count). The molecule has 0 saturated heterocycles. The van der Waals surface area contributed by atoms with E-state index in [4.69, 9.17) is 0 Å². The van der Waals surface area contributed by atoms with Gasteiger partial charge in [-0.2, -0.15) is 0 Å². The molecule has 0 bridgehead atoms. The predicted octanol–water partition coefficient (Wildman–Crippen LogP) is 3.57. The summed E-state index contributed by atoms with van der Waals surface area (Å²) in [6.07, 6.45) is 2.86. The van der Waals surface area contributed by atoms with E-state index in [0.717, 1.165) is 11.3 Å². The van der Waals surface area contributed by atoms with Crippen LogP contribution in [0.2, 0.25) is 0 Å². The molecule has 0 aliphatic rings. The second-order valence-electron chi connectivity index (χ2n) is 5.95. The van der Waals surface area contributed by atoms with Gasteiger partial charge in [0.2, 0.25) is 0 Å². The molecule has 0 radical (unpaired) electrons. The SMILES string of the molecule is Cc1cccnc1CC(=O)CC(C)C(C)(C)C. The summed E-state index contributed by atoms with van der Waals surface area (Å²) >= 11 is 0. The van der Waals surface area contributed by atoms with Crippen LogP contribution in [0.3, 0.4) is 0 Å². The fourth-order valence-electron chi connectivity index (χ4n) is 1.61. The standard InChI is InChI=1S/C15H23NO/c1-11-7-6-8-16-14(11)10-13(17)9-12(2)15(3,4)5/h6-8,12H,9-10H2,1-5H3. The van der Waals surface area contributed by atoms with Crippen LogP contribution in [0.5, 0.6) is 0 Å². The monoisotopic (exact) mass is 233 g/mol. The number of ketones is 1. The first-order chi connectivity index (χ1) is 7.80. The van der Waals surface area contributed by atoms with Gasteiger partial charge in [0.05, 0.1) is 5.69 Å². The molecule has 2 heteroatoms. The van der Waals surface area contributed by atoms with Gasteiger partial charge in [-0.25, -0.2) is 0 Å². The summed E-state index contributed by atoms with van der Waals surface area (Å²) in [6, 6.07) is 3.91. The Hall–Kier alpha value is -1.18. The minimum atomic E-state index is 0.189. The second-order valence-corrected chi connectivity index (χ2v) is 5.95. The lowest BCUT2D eigenvalue weighted by atomic mass is 9.79. The van der Waals surface area contributed by atoms with Crippen molar-refractivity contribution in [2.24, 2.45) is 11.3 Å². The summed E-state index contributed by atoms with van der Waals surface area (Å²) in [5.74, 6) is 0.688. The molecule has 1 heterocycles. The maximum Gasteiger partial charge on any atom is 0.139 e. The minimum Gasteiger partial charge on any atom is -0.299 e. The molecular weight excluding hydrogens is 210 g/mol. The summed E-state index contributed by atoms with van der Waals surface area (Å²) in [4.78, 5) is 16.2. The third-order valence-corrected chi connectivity index (χ3v) is 3.49. The van der Waals surface area contributed by atoms with E-state index in [0.29, 0.717) is 18.8 Å². The quantitative estimate of drug-likeness (QED) is 0.795. The highest BCUT2D eigenvalue weighted by atomic mass is 16.1. The van der Waals surface area contributed by atoms with E-state index in [-0.39, 0.29) is 11.2 Å². The van der Waals surface area contributed by atoms with Crippen molar-refractivity contribution in [3.63, 3.8) is 0 Å². The average Bonchev–Trinajstić information content (AvgIpc) is 2.20. The van der Waals surface area contributed by atoms with Gasteiger partial charge in [-0.05, 0) is 29.9 Å². The van der Waals surface area contributed by atoms with Gasteiger partial charge in [0.1, 0.15) is 5.78 Å². The second kappa shape index (κ2) is 5.44. The zero-order valence-electron chi connectivity index (χ0n) is 11.6. The van der Waals surface area contributed by atoms with Crippen molar-refractivity contribution in [1.82, 2.24) is 4.98 Å². The maximum absolute atomic E-state index is 12.0. The number of carbonyl (C=O) groups is 1. The van der Waals surface area contributed by atoms with Crippen LogP contribution in [-0.4, -0.2) is 10.8 Å². The smallest absolute Gasteiger partial charge is 0.139 e. The molecule has 1 unspecified atom stereocenters.